The Hall–Kier alpha value is -4.19. The van der Waals surface area contributed by atoms with Gasteiger partial charge < -0.3 is 9.47 Å². The first kappa shape index (κ1) is 20.5. The second-order valence-corrected chi connectivity index (χ2v) is 6.14. The van der Waals surface area contributed by atoms with Crippen LogP contribution >= 0.6 is 0 Å². The van der Waals surface area contributed by atoms with Gasteiger partial charge >= 0.3 is 5.97 Å². The molecule has 0 aliphatic rings. The highest BCUT2D eigenvalue weighted by Gasteiger charge is 2.09. The predicted octanol–water partition coefficient (Wildman–Crippen LogP) is 4.08. The van der Waals surface area contributed by atoms with Crippen molar-refractivity contribution < 1.29 is 19.1 Å². The number of nitrogens with one attached hydrogen (secondary N) is 1. The molecule has 3 rings (SSSR count). The Labute approximate surface area is 174 Å². The topological polar surface area (TPSA) is 77.0 Å². The molecule has 0 aliphatic carbocycles. The summed E-state index contributed by atoms with van der Waals surface area (Å²) in [6.07, 6.45) is 4.50. The molecule has 0 aromatic heterocycles. The van der Waals surface area contributed by atoms with Gasteiger partial charge in [0.2, 0.25) is 0 Å². The van der Waals surface area contributed by atoms with Crippen LogP contribution in [-0.4, -0.2) is 25.2 Å². The third-order valence-corrected chi connectivity index (χ3v) is 4.03. The largest absolute Gasteiger partial charge is 0.493 e. The molecule has 0 heterocycles. The fourth-order valence-corrected chi connectivity index (χ4v) is 2.54. The zero-order valence-corrected chi connectivity index (χ0v) is 16.3. The van der Waals surface area contributed by atoms with Gasteiger partial charge in [-0.3, -0.25) is 4.79 Å². The van der Waals surface area contributed by atoms with Gasteiger partial charge in [0.25, 0.3) is 5.91 Å². The third-order valence-electron chi connectivity index (χ3n) is 4.03. The van der Waals surface area contributed by atoms with E-state index in [-0.39, 0.29) is 11.7 Å². The van der Waals surface area contributed by atoms with Crippen LogP contribution in [0.5, 0.6) is 11.5 Å². The SMILES string of the molecule is COc1cc(C=NNC(=O)c2ccccc2)ccc1OC(=O)C=Cc1ccccc1. The summed E-state index contributed by atoms with van der Waals surface area (Å²) in [5.41, 5.74) is 4.53. The van der Waals surface area contributed by atoms with Crippen LogP contribution in [0.15, 0.2) is 90.0 Å². The van der Waals surface area contributed by atoms with Crippen LogP contribution in [-0.2, 0) is 4.79 Å². The molecule has 0 fully saturated rings. The second kappa shape index (κ2) is 10.4. The van der Waals surface area contributed by atoms with Crippen molar-refractivity contribution in [1.29, 1.82) is 0 Å². The van der Waals surface area contributed by atoms with Crippen molar-refractivity contribution >= 4 is 24.2 Å². The number of hydrazone groups is 1. The quantitative estimate of drug-likeness (QED) is 0.213. The number of carbonyl (C=O) groups excluding carboxylic acids is 2. The number of amides is 1. The summed E-state index contributed by atoms with van der Waals surface area (Å²) in [5, 5.41) is 3.95. The molecule has 0 unspecified atom stereocenters. The molecule has 0 saturated carbocycles. The van der Waals surface area contributed by atoms with Gasteiger partial charge in [-0.25, -0.2) is 10.2 Å². The Morgan fingerprint density at radius 3 is 2.27 bits per heavy atom. The predicted molar refractivity (Wildman–Crippen MR) is 116 cm³/mol. The highest BCUT2D eigenvalue weighted by molar-refractivity contribution is 5.95. The van der Waals surface area contributed by atoms with Crippen LogP contribution < -0.4 is 14.9 Å². The Bertz CT molecular complexity index is 1060. The molecular weight excluding hydrogens is 380 g/mol. The molecule has 0 spiro atoms. The first-order chi connectivity index (χ1) is 14.7. The van der Waals surface area contributed by atoms with E-state index in [1.807, 2.05) is 36.4 Å². The van der Waals surface area contributed by atoms with Crippen LogP contribution in [0, 0.1) is 0 Å². The number of benzene rings is 3. The van der Waals surface area contributed by atoms with E-state index in [9.17, 15) is 9.59 Å². The summed E-state index contributed by atoms with van der Waals surface area (Å²) < 4.78 is 10.6. The van der Waals surface area contributed by atoms with Crippen molar-refractivity contribution in [3.63, 3.8) is 0 Å². The van der Waals surface area contributed by atoms with Gasteiger partial charge in [0.15, 0.2) is 11.5 Å². The van der Waals surface area contributed by atoms with E-state index in [1.54, 1.807) is 48.5 Å². The third kappa shape index (κ3) is 5.90. The van der Waals surface area contributed by atoms with E-state index in [1.165, 1.54) is 19.4 Å². The van der Waals surface area contributed by atoms with Crippen LogP contribution in [0.3, 0.4) is 0 Å². The summed E-state index contributed by atoms with van der Waals surface area (Å²) in [6.45, 7) is 0. The van der Waals surface area contributed by atoms with Gasteiger partial charge in [-0.05, 0) is 47.5 Å². The highest BCUT2D eigenvalue weighted by Crippen LogP contribution is 2.27. The number of methoxy groups -OCH3 is 1. The molecule has 1 N–H and O–H groups in total. The van der Waals surface area contributed by atoms with Gasteiger partial charge in [-0.2, -0.15) is 5.10 Å². The standard InChI is InChI=1S/C24H20N2O4/c1-29-22-16-19(17-25-26-24(28)20-10-6-3-7-11-20)12-14-21(22)30-23(27)15-13-18-8-4-2-5-9-18/h2-17H,1H3,(H,26,28). The molecule has 1 amide bonds. The van der Waals surface area contributed by atoms with Crippen LogP contribution in [0.2, 0.25) is 0 Å². The van der Waals surface area contributed by atoms with Gasteiger partial charge in [0.1, 0.15) is 0 Å². The van der Waals surface area contributed by atoms with Crippen molar-refractivity contribution in [2.75, 3.05) is 7.11 Å². The van der Waals surface area contributed by atoms with Crippen LogP contribution in [0.1, 0.15) is 21.5 Å². The summed E-state index contributed by atoms with van der Waals surface area (Å²) in [5.74, 6) is -0.177. The second-order valence-electron chi connectivity index (χ2n) is 6.14. The molecule has 3 aromatic rings. The maximum Gasteiger partial charge on any atom is 0.336 e. The molecule has 0 radical (unpaired) electrons. The highest BCUT2D eigenvalue weighted by atomic mass is 16.6. The molecular formula is C24H20N2O4. The molecule has 30 heavy (non-hydrogen) atoms. The van der Waals surface area contributed by atoms with Crippen molar-refractivity contribution in [3.05, 3.63) is 102 Å². The Morgan fingerprint density at radius 1 is 0.867 bits per heavy atom. The molecule has 0 atom stereocenters. The Balaban J connectivity index is 1.62. The fourth-order valence-electron chi connectivity index (χ4n) is 2.54. The van der Waals surface area contributed by atoms with Gasteiger partial charge in [-0.1, -0.05) is 48.5 Å². The maximum absolute atomic E-state index is 12.1. The first-order valence-electron chi connectivity index (χ1n) is 9.17. The summed E-state index contributed by atoms with van der Waals surface area (Å²) in [7, 11) is 1.48. The number of hydrogen-bond donors (Lipinski definition) is 1. The smallest absolute Gasteiger partial charge is 0.336 e. The lowest BCUT2D eigenvalue weighted by atomic mass is 10.2. The molecule has 0 aliphatic heterocycles. The molecule has 0 saturated heterocycles. The lowest BCUT2D eigenvalue weighted by Crippen LogP contribution is -2.17. The van der Waals surface area contributed by atoms with E-state index in [4.69, 9.17) is 9.47 Å². The van der Waals surface area contributed by atoms with Crippen molar-refractivity contribution in [1.82, 2.24) is 5.43 Å². The van der Waals surface area contributed by atoms with E-state index >= 15 is 0 Å². The molecule has 3 aromatic carbocycles. The van der Waals surface area contributed by atoms with Gasteiger partial charge in [0, 0.05) is 11.6 Å². The molecule has 6 nitrogen and oxygen atoms in total. The summed E-state index contributed by atoms with van der Waals surface area (Å²) >= 11 is 0. The number of nitrogens with zero attached hydrogens (tertiary/aromatic N) is 1. The van der Waals surface area contributed by atoms with Crippen molar-refractivity contribution in [3.8, 4) is 11.5 Å². The normalized spacial score (nSPS) is 10.8. The summed E-state index contributed by atoms with van der Waals surface area (Å²) in [4.78, 5) is 24.1. The monoisotopic (exact) mass is 400 g/mol. The van der Waals surface area contributed by atoms with Gasteiger partial charge in [0.05, 0.1) is 13.3 Å². The minimum Gasteiger partial charge on any atom is -0.493 e. The number of hydrogen-bond acceptors (Lipinski definition) is 5. The molecule has 6 heteroatoms. The van der Waals surface area contributed by atoms with E-state index < -0.39 is 5.97 Å². The minimum atomic E-state index is -0.520. The zero-order chi connectivity index (χ0) is 21.2. The fraction of sp³-hybridized carbons (Fsp3) is 0.0417. The zero-order valence-electron chi connectivity index (χ0n) is 16.3. The Morgan fingerprint density at radius 2 is 1.57 bits per heavy atom. The van der Waals surface area contributed by atoms with Crippen molar-refractivity contribution in [2.24, 2.45) is 5.10 Å². The van der Waals surface area contributed by atoms with E-state index in [2.05, 4.69) is 10.5 Å². The van der Waals surface area contributed by atoms with E-state index in [0.29, 0.717) is 16.9 Å². The lowest BCUT2D eigenvalue weighted by molar-refractivity contribution is -0.129. The first-order valence-corrected chi connectivity index (χ1v) is 9.17. The number of esters is 1. The average molecular weight is 400 g/mol. The van der Waals surface area contributed by atoms with Crippen LogP contribution in [0.25, 0.3) is 6.08 Å². The summed E-state index contributed by atoms with van der Waals surface area (Å²) in [6, 6.07) is 23.2. The van der Waals surface area contributed by atoms with Crippen LogP contribution in [0.4, 0.5) is 0 Å². The van der Waals surface area contributed by atoms with E-state index in [0.717, 1.165) is 5.56 Å². The van der Waals surface area contributed by atoms with Gasteiger partial charge in [-0.15, -0.1) is 0 Å². The maximum atomic E-state index is 12.1. The molecule has 150 valence electrons. The lowest BCUT2D eigenvalue weighted by Gasteiger charge is -2.08. The number of ether oxygens (including phenoxy) is 2. The number of carbonyl (C=O) groups is 2. The molecule has 0 bridgehead atoms. The average Bonchev–Trinajstić information content (AvgIpc) is 2.79. The minimum absolute atomic E-state index is 0.283. The van der Waals surface area contributed by atoms with Crippen molar-refractivity contribution in [2.45, 2.75) is 0 Å². The Kier molecular flexibility index (Phi) is 7.11. The number of rotatable bonds is 7.